The van der Waals surface area contributed by atoms with Crippen molar-refractivity contribution in [1.82, 2.24) is 9.97 Å². The number of nitrogens with one attached hydrogen (secondary N) is 1. The Morgan fingerprint density at radius 1 is 1.15 bits per heavy atom. The summed E-state index contributed by atoms with van der Waals surface area (Å²) >= 11 is 0. The van der Waals surface area contributed by atoms with E-state index in [0.29, 0.717) is 23.9 Å². The predicted molar refractivity (Wildman–Crippen MR) is 95.3 cm³/mol. The summed E-state index contributed by atoms with van der Waals surface area (Å²) < 4.78 is 10.8. The molecule has 0 radical (unpaired) electrons. The average molecular weight is 353 g/mol. The van der Waals surface area contributed by atoms with Crippen LogP contribution in [0.5, 0.6) is 5.75 Å². The Hall–Kier alpha value is -3.32. The second kappa shape index (κ2) is 8.17. The summed E-state index contributed by atoms with van der Waals surface area (Å²) in [6.45, 7) is 0.00491. The van der Waals surface area contributed by atoms with Gasteiger partial charge in [0.1, 0.15) is 18.2 Å². The van der Waals surface area contributed by atoms with Gasteiger partial charge in [-0.1, -0.05) is 42.5 Å². The van der Waals surface area contributed by atoms with Crippen LogP contribution < -0.4 is 10.5 Å². The number of carbonyl (C=O) groups excluding carboxylic acids is 1. The number of hydrogen-bond donors (Lipinski definition) is 3. The Bertz CT molecular complexity index is 864. The third-order valence-electron chi connectivity index (χ3n) is 3.74. The maximum atomic E-state index is 10.9. The largest absolute Gasteiger partial charge is 0.488 e. The first-order chi connectivity index (χ1) is 12.7. The topological polar surface area (TPSA) is 110 Å². The lowest BCUT2D eigenvalue weighted by molar-refractivity contribution is 0.0586. The molecule has 2 aromatic carbocycles. The molecule has 3 aromatic rings. The monoisotopic (exact) mass is 353 g/mol. The zero-order chi connectivity index (χ0) is 18.4. The molecule has 7 heteroatoms. The van der Waals surface area contributed by atoms with Crippen LogP contribution >= 0.6 is 0 Å². The maximum Gasteiger partial charge on any atom is 0.405 e. The van der Waals surface area contributed by atoms with Crippen molar-refractivity contribution in [3.05, 3.63) is 72.2 Å². The number of amides is 1. The highest BCUT2D eigenvalue weighted by atomic mass is 16.6. The number of hydrogen-bond acceptors (Lipinski definition) is 5. The van der Waals surface area contributed by atoms with Crippen molar-refractivity contribution in [3.63, 3.8) is 0 Å². The summed E-state index contributed by atoms with van der Waals surface area (Å²) in [5, 5.41) is 9.36. The van der Waals surface area contributed by atoms with Crippen molar-refractivity contribution in [1.29, 1.82) is 0 Å². The first-order valence-corrected chi connectivity index (χ1v) is 8.05. The number of ether oxygens (including phenoxy) is 2. The van der Waals surface area contributed by atoms with Crippen LogP contribution in [0.4, 0.5) is 4.79 Å². The summed E-state index contributed by atoms with van der Waals surface area (Å²) in [6.07, 6.45) is -0.334. The highest BCUT2D eigenvalue weighted by molar-refractivity contribution is 5.67. The molecule has 1 unspecified atom stereocenters. The van der Waals surface area contributed by atoms with Gasteiger partial charge in [0.05, 0.1) is 18.5 Å². The van der Waals surface area contributed by atoms with Gasteiger partial charge in [-0.15, -0.1) is 0 Å². The SMILES string of the molecule is NC(=O)OC(CO)c1ncc(-c2ccccc2OCc2ccccc2)[nH]1. The van der Waals surface area contributed by atoms with E-state index in [2.05, 4.69) is 9.97 Å². The second-order valence-electron chi connectivity index (χ2n) is 5.56. The minimum absolute atomic E-state index is 0.305. The number of aliphatic hydroxyl groups excluding tert-OH is 1. The molecule has 3 rings (SSSR count). The number of primary amides is 1. The zero-order valence-corrected chi connectivity index (χ0v) is 14.0. The summed E-state index contributed by atoms with van der Waals surface area (Å²) in [5.41, 5.74) is 7.55. The molecule has 0 fully saturated rings. The van der Waals surface area contributed by atoms with Crippen molar-refractivity contribution >= 4 is 6.09 Å². The minimum atomic E-state index is -0.978. The van der Waals surface area contributed by atoms with Gasteiger partial charge >= 0.3 is 6.09 Å². The molecule has 0 saturated heterocycles. The molecule has 26 heavy (non-hydrogen) atoms. The molecule has 1 aromatic heterocycles. The second-order valence-corrected chi connectivity index (χ2v) is 5.56. The number of imidazole rings is 1. The third kappa shape index (κ3) is 4.20. The van der Waals surface area contributed by atoms with Gasteiger partial charge in [-0.2, -0.15) is 0 Å². The van der Waals surface area contributed by atoms with Crippen molar-refractivity contribution in [2.75, 3.05) is 6.61 Å². The van der Waals surface area contributed by atoms with E-state index in [-0.39, 0.29) is 0 Å². The van der Waals surface area contributed by atoms with Crippen molar-refractivity contribution in [2.45, 2.75) is 12.7 Å². The lowest BCUT2D eigenvalue weighted by Crippen LogP contribution is -2.20. The first kappa shape index (κ1) is 17.5. The van der Waals surface area contributed by atoms with E-state index < -0.39 is 18.8 Å². The number of H-pyrrole nitrogens is 1. The van der Waals surface area contributed by atoms with Crippen LogP contribution in [0.15, 0.2) is 60.8 Å². The van der Waals surface area contributed by atoms with Crippen molar-refractivity contribution < 1.29 is 19.4 Å². The van der Waals surface area contributed by atoms with E-state index in [1.165, 1.54) is 0 Å². The number of para-hydroxylation sites is 1. The summed E-state index contributed by atoms with van der Waals surface area (Å²) in [4.78, 5) is 18.1. The molecule has 1 atom stereocenters. The fraction of sp³-hybridized carbons (Fsp3) is 0.158. The van der Waals surface area contributed by atoms with E-state index in [9.17, 15) is 9.90 Å². The fourth-order valence-electron chi connectivity index (χ4n) is 2.51. The number of nitrogens with zero attached hydrogens (tertiary/aromatic N) is 1. The van der Waals surface area contributed by atoms with Gasteiger partial charge in [0.2, 0.25) is 0 Å². The van der Waals surface area contributed by atoms with Crippen LogP contribution in [0.2, 0.25) is 0 Å². The Balaban J connectivity index is 1.80. The van der Waals surface area contributed by atoms with E-state index >= 15 is 0 Å². The molecule has 0 aliphatic carbocycles. The van der Waals surface area contributed by atoms with Crippen LogP contribution in [-0.2, 0) is 11.3 Å². The number of aromatic amines is 1. The summed E-state index contributed by atoms with van der Waals surface area (Å²) in [5.74, 6) is 0.988. The maximum absolute atomic E-state index is 10.9. The van der Waals surface area contributed by atoms with Gasteiger partial charge in [-0.25, -0.2) is 9.78 Å². The molecule has 0 aliphatic heterocycles. The Morgan fingerprint density at radius 3 is 2.62 bits per heavy atom. The number of aliphatic hydroxyl groups is 1. The Labute approximate surface area is 150 Å². The molecule has 134 valence electrons. The fourth-order valence-corrected chi connectivity index (χ4v) is 2.51. The first-order valence-electron chi connectivity index (χ1n) is 8.05. The highest BCUT2D eigenvalue weighted by Gasteiger charge is 2.19. The number of rotatable bonds is 7. The third-order valence-corrected chi connectivity index (χ3v) is 3.74. The van der Waals surface area contributed by atoms with E-state index in [4.69, 9.17) is 15.2 Å². The average Bonchev–Trinajstić information content (AvgIpc) is 3.15. The molecule has 0 saturated carbocycles. The molecule has 0 aliphatic rings. The smallest absolute Gasteiger partial charge is 0.405 e. The molecule has 7 nitrogen and oxygen atoms in total. The van der Waals surface area contributed by atoms with Gasteiger partial charge in [0.25, 0.3) is 0 Å². The highest BCUT2D eigenvalue weighted by Crippen LogP contribution is 2.30. The normalized spacial score (nSPS) is 11.7. The Morgan fingerprint density at radius 2 is 1.88 bits per heavy atom. The number of benzene rings is 2. The van der Waals surface area contributed by atoms with Crippen LogP contribution in [-0.4, -0.2) is 27.8 Å². The lowest BCUT2D eigenvalue weighted by Gasteiger charge is -2.12. The van der Waals surface area contributed by atoms with Crippen LogP contribution in [0.25, 0.3) is 11.3 Å². The molecule has 1 amide bonds. The summed E-state index contributed by atoms with van der Waals surface area (Å²) in [6, 6.07) is 17.4. The molecule has 0 bridgehead atoms. The molecular formula is C19H19N3O4. The molecule has 4 N–H and O–H groups in total. The zero-order valence-electron chi connectivity index (χ0n) is 14.0. The van der Waals surface area contributed by atoms with Gasteiger partial charge in [0, 0.05) is 5.56 Å². The van der Waals surface area contributed by atoms with E-state index in [0.717, 1.165) is 11.1 Å². The number of aromatic nitrogens is 2. The van der Waals surface area contributed by atoms with E-state index in [1.54, 1.807) is 6.20 Å². The van der Waals surface area contributed by atoms with Crippen molar-refractivity contribution in [3.8, 4) is 17.0 Å². The minimum Gasteiger partial charge on any atom is -0.488 e. The number of carbonyl (C=O) groups is 1. The standard InChI is InChI=1S/C19H19N3O4/c20-19(24)26-17(11-23)18-21-10-15(22-18)14-8-4-5-9-16(14)25-12-13-6-2-1-3-7-13/h1-10,17,23H,11-12H2,(H2,20,24)(H,21,22). The lowest BCUT2D eigenvalue weighted by atomic mass is 10.1. The van der Waals surface area contributed by atoms with Gasteiger partial charge in [-0.3, -0.25) is 0 Å². The molecule has 1 heterocycles. The quantitative estimate of drug-likeness (QED) is 0.605. The molecular weight excluding hydrogens is 334 g/mol. The number of nitrogens with two attached hydrogens (primary N) is 1. The van der Waals surface area contributed by atoms with Gasteiger partial charge in [-0.05, 0) is 17.7 Å². The Kier molecular flexibility index (Phi) is 5.50. The molecule has 0 spiro atoms. The van der Waals surface area contributed by atoms with Crippen molar-refractivity contribution in [2.24, 2.45) is 5.73 Å². The van der Waals surface area contributed by atoms with Gasteiger partial charge < -0.3 is 25.3 Å². The van der Waals surface area contributed by atoms with Crippen LogP contribution in [0.1, 0.15) is 17.5 Å². The van der Waals surface area contributed by atoms with Crippen LogP contribution in [0.3, 0.4) is 0 Å². The summed E-state index contributed by atoms with van der Waals surface area (Å²) in [7, 11) is 0. The predicted octanol–water partition coefficient (Wildman–Crippen LogP) is 2.78. The van der Waals surface area contributed by atoms with Gasteiger partial charge in [0.15, 0.2) is 6.10 Å². The van der Waals surface area contributed by atoms with E-state index in [1.807, 2.05) is 54.6 Å². The van der Waals surface area contributed by atoms with Crippen LogP contribution in [0, 0.1) is 0 Å².